The summed E-state index contributed by atoms with van der Waals surface area (Å²) in [7, 11) is -3.27. The summed E-state index contributed by atoms with van der Waals surface area (Å²) in [6.07, 6.45) is 5.68. The normalized spacial score (nSPS) is 29.0. The zero-order valence-corrected chi connectivity index (χ0v) is 15.6. The Bertz CT molecular complexity index is 759. The topological polar surface area (TPSA) is 119 Å². The molecule has 0 spiro atoms. The van der Waals surface area contributed by atoms with Gasteiger partial charge in [0.05, 0.1) is 5.75 Å². The van der Waals surface area contributed by atoms with Crippen molar-refractivity contribution >= 4 is 15.9 Å². The van der Waals surface area contributed by atoms with Crippen molar-refractivity contribution < 1.29 is 17.7 Å². The van der Waals surface area contributed by atoms with Crippen LogP contribution in [0.1, 0.15) is 67.1 Å². The Hall–Kier alpha value is -1.45. The van der Waals surface area contributed by atoms with Gasteiger partial charge in [-0.2, -0.15) is 4.31 Å². The van der Waals surface area contributed by atoms with Crippen molar-refractivity contribution in [2.24, 2.45) is 5.73 Å². The summed E-state index contributed by atoms with van der Waals surface area (Å²) in [4.78, 5) is 12.4. The molecule has 2 bridgehead atoms. The van der Waals surface area contributed by atoms with Crippen LogP contribution in [0.5, 0.6) is 0 Å². The molecule has 144 valence electrons. The lowest BCUT2D eigenvalue weighted by Crippen LogP contribution is -2.53. The van der Waals surface area contributed by atoms with E-state index in [1.807, 2.05) is 0 Å². The van der Waals surface area contributed by atoms with Gasteiger partial charge in [0, 0.05) is 30.1 Å². The Morgan fingerprint density at radius 1 is 1.27 bits per heavy atom. The van der Waals surface area contributed by atoms with E-state index in [4.69, 9.17) is 10.3 Å². The zero-order valence-electron chi connectivity index (χ0n) is 14.8. The maximum Gasteiger partial charge on any atom is 0.273 e. The van der Waals surface area contributed by atoms with Gasteiger partial charge in [-0.3, -0.25) is 4.79 Å². The molecule has 0 unspecified atom stereocenters. The van der Waals surface area contributed by atoms with E-state index in [1.54, 1.807) is 10.4 Å². The molecular weight excluding hydrogens is 356 g/mol. The fourth-order valence-electron chi connectivity index (χ4n) is 4.29. The number of amides is 1. The van der Waals surface area contributed by atoms with Crippen molar-refractivity contribution in [3.63, 3.8) is 0 Å². The molecule has 1 aromatic heterocycles. The summed E-state index contributed by atoms with van der Waals surface area (Å²) in [5.41, 5.74) is 5.78. The molecule has 8 nitrogen and oxygen atoms in total. The fourth-order valence-corrected chi connectivity index (χ4v) is 6.33. The van der Waals surface area contributed by atoms with E-state index in [-0.39, 0.29) is 29.8 Å². The Labute approximate surface area is 153 Å². The van der Waals surface area contributed by atoms with Gasteiger partial charge in [-0.05, 0) is 51.5 Å². The van der Waals surface area contributed by atoms with Crippen molar-refractivity contribution in [2.75, 3.05) is 12.3 Å². The minimum atomic E-state index is -3.27. The first-order valence-electron chi connectivity index (χ1n) is 9.46. The highest BCUT2D eigenvalue weighted by atomic mass is 32.2. The Morgan fingerprint density at radius 3 is 2.58 bits per heavy atom. The summed E-state index contributed by atoms with van der Waals surface area (Å²) in [5.74, 6) is 1.08. The molecule has 9 heteroatoms. The van der Waals surface area contributed by atoms with Crippen LogP contribution >= 0.6 is 0 Å². The molecule has 4 rings (SSSR count). The van der Waals surface area contributed by atoms with Crippen LogP contribution in [0.4, 0.5) is 0 Å². The Balaban J connectivity index is 1.38. The number of fused-ring (bicyclic) bond motifs is 2. The fraction of sp³-hybridized carbons (Fsp3) is 0.765. The van der Waals surface area contributed by atoms with E-state index in [1.165, 1.54) is 0 Å². The minimum absolute atomic E-state index is 0.0259. The third kappa shape index (κ3) is 3.52. The van der Waals surface area contributed by atoms with E-state index in [2.05, 4.69) is 10.5 Å². The number of piperidine rings is 1. The highest BCUT2D eigenvalue weighted by molar-refractivity contribution is 7.89. The number of hydrogen-bond acceptors (Lipinski definition) is 6. The number of nitrogens with two attached hydrogens (primary N) is 1. The molecule has 26 heavy (non-hydrogen) atoms. The van der Waals surface area contributed by atoms with Crippen LogP contribution in [0, 0.1) is 0 Å². The van der Waals surface area contributed by atoms with Crippen LogP contribution in [0.2, 0.25) is 0 Å². The predicted molar refractivity (Wildman–Crippen MR) is 95.1 cm³/mol. The second-order valence-corrected chi connectivity index (χ2v) is 9.70. The molecule has 1 aliphatic carbocycles. The molecule has 1 saturated carbocycles. The second-order valence-electron chi connectivity index (χ2n) is 7.70. The zero-order chi connectivity index (χ0) is 18.3. The molecule has 3 atom stereocenters. The van der Waals surface area contributed by atoms with Crippen LogP contribution in [0.3, 0.4) is 0 Å². The Morgan fingerprint density at radius 2 is 1.96 bits per heavy atom. The van der Waals surface area contributed by atoms with Crippen molar-refractivity contribution in [1.29, 1.82) is 0 Å². The maximum absolute atomic E-state index is 12.6. The van der Waals surface area contributed by atoms with Crippen molar-refractivity contribution in [1.82, 2.24) is 14.8 Å². The first-order valence-corrected chi connectivity index (χ1v) is 11.1. The number of rotatable bonds is 7. The number of carbonyl (C=O) groups is 1. The van der Waals surface area contributed by atoms with E-state index >= 15 is 0 Å². The average molecular weight is 382 g/mol. The smallest absolute Gasteiger partial charge is 0.273 e. The van der Waals surface area contributed by atoms with E-state index < -0.39 is 10.0 Å². The molecule has 2 aliphatic heterocycles. The van der Waals surface area contributed by atoms with Crippen molar-refractivity contribution in [3.8, 4) is 0 Å². The van der Waals surface area contributed by atoms with Crippen LogP contribution in [-0.4, -0.2) is 54.2 Å². The highest BCUT2D eigenvalue weighted by Crippen LogP contribution is 2.40. The number of sulfonamides is 1. The van der Waals surface area contributed by atoms with Crippen molar-refractivity contribution in [3.05, 3.63) is 17.5 Å². The lowest BCUT2D eigenvalue weighted by atomic mass is 9.99. The molecule has 3 aliphatic rings. The van der Waals surface area contributed by atoms with Crippen LogP contribution in [0.15, 0.2) is 10.6 Å². The van der Waals surface area contributed by atoms with Gasteiger partial charge in [-0.25, -0.2) is 8.42 Å². The molecule has 2 saturated heterocycles. The summed E-state index contributed by atoms with van der Waals surface area (Å²) >= 11 is 0. The summed E-state index contributed by atoms with van der Waals surface area (Å²) < 4.78 is 32.1. The maximum atomic E-state index is 12.6. The number of nitrogens with zero attached hydrogens (tertiary/aromatic N) is 2. The van der Waals surface area contributed by atoms with E-state index in [9.17, 15) is 13.2 Å². The third-order valence-electron chi connectivity index (χ3n) is 5.67. The van der Waals surface area contributed by atoms with E-state index in [0.717, 1.165) is 31.4 Å². The molecule has 1 aromatic rings. The molecule has 1 amide bonds. The average Bonchev–Trinajstić information content (AvgIpc) is 3.26. The standard InChI is InChI=1S/C17H26N4O4S/c18-6-1-7-26(23,24)21-13-4-5-14(21)9-12(8-13)19-17(22)15-10-16(25-20-15)11-2-3-11/h10-14H,1-9,18H2,(H,19,22)/t12-,13-,14+. The lowest BCUT2D eigenvalue weighted by molar-refractivity contribution is 0.0900. The lowest BCUT2D eigenvalue weighted by Gasteiger charge is -2.38. The SMILES string of the molecule is NCCCS(=O)(=O)N1[C@@H]2CC[C@H]1C[C@H](NC(=O)c1cc(C3CC3)on1)C2. The third-order valence-corrected chi connectivity index (χ3v) is 7.71. The van der Waals surface area contributed by atoms with Gasteiger partial charge in [-0.1, -0.05) is 5.16 Å². The predicted octanol–water partition coefficient (Wildman–Crippen LogP) is 0.956. The molecule has 0 radical (unpaired) electrons. The largest absolute Gasteiger partial charge is 0.360 e. The molecule has 3 N–H and O–H groups in total. The molecule has 3 heterocycles. The van der Waals surface area contributed by atoms with Crippen LogP contribution < -0.4 is 11.1 Å². The quantitative estimate of drug-likeness (QED) is 0.725. The van der Waals surface area contributed by atoms with Gasteiger partial charge in [0.2, 0.25) is 10.0 Å². The first-order chi connectivity index (χ1) is 12.5. The van der Waals surface area contributed by atoms with Gasteiger partial charge < -0.3 is 15.6 Å². The highest BCUT2D eigenvalue weighted by Gasteiger charge is 2.46. The van der Waals surface area contributed by atoms with Crippen molar-refractivity contribution in [2.45, 2.75) is 69.0 Å². The van der Waals surface area contributed by atoms with Crippen LogP contribution in [0.25, 0.3) is 0 Å². The molecular formula is C17H26N4O4S. The van der Waals surface area contributed by atoms with Gasteiger partial charge in [0.15, 0.2) is 5.69 Å². The number of carbonyl (C=O) groups excluding carboxylic acids is 1. The first kappa shape index (κ1) is 17.9. The number of nitrogens with one attached hydrogen (secondary N) is 1. The summed E-state index contributed by atoms with van der Waals surface area (Å²) in [6, 6.07) is 1.65. The van der Waals surface area contributed by atoms with Crippen LogP contribution in [-0.2, 0) is 10.0 Å². The van der Waals surface area contributed by atoms with Gasteiger partial charge in [0.25, 0.3) is 5.91 Å². The van der Waals surface area contributed by atoms with Gasteiger partial charge >= 0.3 is 0 Å². The van der Waals surface area contributed by atoms with Gasteiger partial charge in [0.1, 0.15) is 5.76 Å². The molecule has 3 fully saturated rings. The number of hydrogen-bond donors (Lipinski definition) is 2. The number of aromatic nitrogens is 1. The summed E-state index contributed by atoms with van der Waals surface area (Å²) in [5, 5.41) is 6.90. The summed E-state index contributed by atoms with van der Waals surface area (Å²) in [6.45, 7) is 0.377. The second kappa shape index (κ2) is 6.94. The Kier molecular flexibility index (Phi) is 4.79. The minimum Gasteiger partial charge on any atom is -0.360 e. The monoisotopic (exact) mass is 382 g/mol. The molecule has 0 aromatic carbocycles. The van der Waals surface area contributed by atoms with E-state index in [0.29, 0.717) is 37.4 Å². The van der Waals surface area contributed by atoms with Gasteiger partial charge in [-0.15, -0.1) is 0 Å².